The molecule has 32 heavy (non-hydrogen) atoms. The zero-order valence-electron chi connectivity index (χ0n) is 17.6. The number of hydrogen-bond acceptors (Lipinski definition) is 6. The van der Waals surface area contributed by atoms with Gasteiger partial charge in [0.1, 0.15) is 5.82 Å². The third-order valence-electron chi connectivity index (χ3n) is 4.90. The number of anilines is 2. The van der Waals surface area contributed by atoms with E-state index < -0.39 is 0 Å². The number of nitrogen functional groups attached to an aromatic ring is 1. The lowest BCUT2D eigenvalue weighted by molar-refractivity contribution is -0.115. The predicted octanol–water partition coefficient (Wildman–Crippen LogP) is 3.47. The van der Waals surface area contributed by atoms with Crippen molar-refractivity contribution in [3.05, 3.63) is 71.5 Å². The zero-order chi connectivity index (χ0) is 22.7. The van der Waals surface area contributed by atoms with Crippen LogP contribution in [-0.2, 0) is 11.8 Å². The highest BCUT2D eigenvalue weighted by Gasteiger charge is 2.12. The topological polar surface area (TPSA) is 115 Å². The number of hydrogen-bond donors (Lipinski definition) is 3. The van der Waals surface area contributed by atoms with Gasteiger partial charge < -0.3 is 20.9 Å². The Morgan fingerprint density at radius 1 is 1.06 bits per heavy atom. The average Bonchev–Trinajstić information content (AvgIpc) is 3.39. The Morgan fingerprint density at radius 3 is 2.47 bits per heavy atom. The second-order valence-corrected chi connectivity index (χ2v) is 8.11. The SMILES string of the molecule is Cc1nc(-c2cccc(-c3csc(NC(=O)CNC(=O)c4ccc(N)cc4)n3)c2)cn1C. The number of carbonyl (C=O) groups is 2. The largest absolute Gasteiger partial charge is 0.399 e. The lowest BCUT2D eigenvalue weighted by Crippen LogP contribution is -2.32. The molecule has 2 aromatic heterocycles. The number of aryl methyl sites for hydroxylation is 2. The number of carbonyl (C=O) groups excluding carboxylic acids is 2. The van der Waals surface area contributed by atoms with Gasteiger partial charge in [0.2, 0.25) is 5.91 Å². The molecule has 0 atom stereocenters. The fourth-order valence-electron chi connectivity index (χ4n) is 3.06. The fourth-order valence-corrected chi connectivity index (χ4v) is 3.80. The molecule has 162 valence electrons. The maximum absolute atomic E-state index is 12.2. The van der Waals surface area contributed by atoms with E-state index in [1.54, 1.807) is 24.3 Å². The minimum atomic E-state index is -0.354. The van der Waals surface area contributed by atoms with Crippen LogP contribution >= 0.6 is 11.3 Å². The summed E-state index contributed by atoms with van der Waals surface area (Å²) < 4.78 is 1.98. The number of benzene rings is 2. The van der Waals surface area contributed by atoms with Crippen LogP contribution in [-0.4, -0.2) is 32.9 Å². The summed E-state index contributed by atoms with van der Waals surface area (Å²) in [6, 6.07) is 14.4. The summed E-state index contributed by atoms with van der Waals surface area (Å²) in [5.74, 6) is 0.238. The molecule has 2 amide bonds. The van der Waals surface area contributed by atoms with Gasteiger partial charge in [0.25, 0.3) is 5.91 Å². The number of nitrogens with zero attached hydrogens (tertiary/aromatic N) is 3. The van der Waals surface area contributed by atoms with Crippen LogP contribution in [0, 0.1) is 6.92 Å². The fraction of sp³-hybridized carbons (Fsp3) is 0.130. The van der Waals surface area contributed by atoms with Gasteiger partial charge in [-0.2, -0.15) is 0 Å². The van der Waals surface area contributed by atoms with Crippen LogP contribution in [0.15, 0.2) is 60.1 Å². The van der Waals surface area contributed by atoms with E-state index in [1.165, 1.54) is 11.3 Å². The van der Waals surface area contributed by atoms with Crippen LogP contribution in [0.5, 0.6) is 0 Å². The molecule has 4 N–H and O–H groups in total. The number of rotatable bonds is 6. The van der Waals surface area contributed by atoms with Crippen LogP contribution in [0.1, 0.15) is 16.2 Å². The van der Waals surface area contributed by atoms with E-state index in [2.05, 4.69) is 20.6 Å². The van der Waals surface area contributed by atoms with Crippen molar-refractivity contribution in [2.24, 2.45) is 7.05 Å². The zero-order valence-corrected chi connectivity index (χ0v) is 18.4. The van der Waals surface area contributed by atoms with Gasteiger partial charge in [0.05, 0.1) is 17.9 Å². The molecule has 0 spiro atoms. The van der Waals surface area contributed by atoms with Gasteiger partial charge in [-0.3, -0.25) is 9.59 Å². The summed E-state index contributed by atoms with van der Waals surface area (Å²) in [5.41, 5.74) is 10.2. The monoisotopic (exact) mass is 446 g/mol. The van der Waals surface area contributed by atoms with Gasteiger partial charge in [0, 0.05) is 41.0 Å². The van der Waals surface area contributed by atoms with Gasteiger partial charge >= 0.3 is 0 Å². The lowest BCUT2D eigenvalue weighted by atomic mass is 10.1. The molecule has 0 bridgehead atoms. The Morgan fingerprint density at radius 2 is 1.78 bits per heavy atom. The highest BCUT2D eigenvalue weighted by atomic mass is 32.1. The molecule has 0 fully saturated rings. The van der Waals surface area contributed by atoms with Crippen molar-refractivity contribution < 1.29 is 9.59 Å². The van der Waals surface area contributed by atoms with Crippen LogP contribution in [0.4, 0.5) is 10.8 Å². The number of nitrogens with one attached hydrogen (secondary N) is 2. The van der Waals surface area contributed by atoms with Crippen LogP contribution in [0.3, 0.4) is 0 Å². The van der Waals surface area contributed by atoms with Gasteiger partial charge in [-0.25, -0.2) is 9.97 Å². The predicted molar refractivity (Wildman–Crippen MR) is 126 cm³/mol. The quantitative estimate of drug-likeness (QED) is 0.392. The highest BCUT2D eigenvalue weighted by molar-refractivity contribution is 7.14. The third kappa shape index (κ3) is 4.84. The molecule has 9 heteroatoms. The number of imidazole rings is 1. The number of nitrogens with two attached hydrogens (primary N) is 1. The molecule has 2 aromatic carbocycles. The van der Waals surface area contributed by atoms with Crippen molar-refractivity contribution in [1.29, 1.82) is 0 Å². The van der Waals surface area contributed by atoms with Crippen molar-refractivity contribution >= 4 is 34.0 Å². The molecular formula is C23H22N6O2S. The van der Waals surface area contributed by atoms with Crippen molar-refractivity contribution in [3.8, 4) is 22.5 Å². The first-order valence-electron chi connectivity index (χ1n) is 9.89. The molecule has 0 aliphatic carbocycles. The summed E-state index contributed by atoms with van der Waals surface area (Å²) in [6.45, 7) is 1.80. The van der Waals surface area contributed by atoms with Gasteiger partial charge in [-0.05, 0) is 37.3 Å². The molecule has 0 saturated carbocycles. The molecule has 0 saturated heterocycles. The van der Waals surface area contributed by atoms with E-state index in [0.717, 1.165) is 28.3 Å². The van der Waals surface area contributed by atoms with E-state index in [0.29, 0.717) is 16.4 Å². The van der Waals surface area contributed by atoms with Crippen LogP contribution in [0.25, 0.3) is 22.5 Å². The number of thiazole rings is 1. The van der Waals surface area contributed by atoms with Crippen molar-refractivity contribution in [3.63, 3.8) is 0 Å². The van der Waals surface area contributed by atoms with Gasteiger partial charge in [-0.1, -0.05) is 18.2 Å². The Kier molecular flexibility index (Phi) is 6.00. The maximum Gasteiger partial charge on any atom is 0.251 e. The number of aromatic nitrogens is 3. The smallest absolute Gasteiger partial charge is 0.251 e. The second kappa shape index (κ2) is 9.03. The molecule has 0 radical (unpaired) electrons. The third-order valence-corrected chi connectivity index (χ3v) is 5.65. The van der Waals surface area contributed by atoms with E-state index >= 15 is 0 Å². The molecule has 0 aliphatic heterocycles. The van der Waals surface area contributed by atoms with Gasteiger partial charge in [-0.15, -0.1) is 11.3 Å². The Bertz CT molecular complexity index is 1260. The van der Waals surface area contributed by atoms with Crippen molar-refractivity contribution in [2.45, 2.75) is 6.92 Å². The molecule has 4 aromatic rings. The molecule has 0 aliphatic rings. The minimum Gasteiger partial charge on any atom is -0.399 e. The summed E-state index contributed by atoms with van der Waals surface area (Å²) in [6.07, 6.45) is 1.99. The van der Waals surface area contributed by atoms with Gasteiger partial charge in [0.15, 0.2) is 5.13 Å². The number of amides is 2. The van der Waals surface area contributed by atoms with E-state index in [-0.39, 0.29) is 18.4 Å². The molecule has 2 heterocycles. The summed E-state index contributed by atoms with van der Waals surface area (Å²) in [7, 11) is 1.96. The Balaban J connectivity index is 1.38. The molecule has 4 rings (SSSR count). The second-order valence-electron chi connectivity index (χ2n) is 7.26. The van der Waals surface area contributed by atoms with Crippen LogP contribution in [0.2, 0.25) is 0 Å². The average molecular weight is 447 g/mol. The van der Waals surface area contributed by atoms with Crippen molar-refractivity contribution in [2.75, 3.05) is 17.6 Å². The van der Waals surface area contributed by atoms with Crippen molar-refractivity contribution in [1.82, 2.24) is 19.9 Å². The normalized spacial score (nSPS) is 10.7. The summed E-state index contributed by atoms with van der Waals surface area (Å²) >= 11 is 1.32. The first-order chi connectivity index (χ1) is 15.4. The Labute approximate surface area is 189 Å². The highest BCUT2D eigenvalue weighted by Crippen LogP contribution is 2.28. The lowest BCUT2D eigenvalue weighted by Gasteiger charge is -2.05. The van der Waals surface area contributed by atoms with E-state index in [4.69, 9.17) is 5.73 Å². The van der Waals surface area contributed by atoms with E-state index in [1.807, 2.05) is 54.4 Å². The summed E-state index contributed by atoms with van der Waals surface area (Å²) in [4.78, 5) is 33.4. The Hall–Kier alpha value is -3.98. The first-order valence-corrected chi connectivity index (χ1v) is 10.8. The molecule has 0 unspecified atom stereocenters. The minimum absolute atomic E-state index is 0.160. The van der Waals surface area contributed by atoms with E-state index in [9.17, 15) is 9.59 Å². The standard InChI is InChI=1S/C23H22N6O2S/c1-14-26-19(12-29(14)2)16-4-3-5-17(10-16)20-13-32-23(27-20)28-21(30)11-25-22(31)15-6-8-18(24)9-7-15/h3-10,12-13H,11,24H2,1-2H3,(H,25,31)(H,27,28,30). The molecular weight excluding hydrogens is 424 g/mol. The summed E-state index contributed by atoms with van der Waals surface area (Å²) in [5, 5.41) is 7.65. The van der Waals surface area contributed by atoms with Crippen LogP contribution < -0.4 is 16.4 Å². The first kappa shape index (κ1) is 21.3. The maximum atomic E-state index is 12.2. The molecule has 8 nitrogen and oxygen atoms in total.